The summed E-state index contributed by atoms with van der Waals surface area (Å²) in [7, 11) is 1.95. The highest BCUT2D eigenvalue weighted by atomic mass is 15.2. The molecule has 1 aromatic rings. The van der Waals surface area contributed by atoms with Crippen molar-refractivity contribution in [1.29, 1.82) is 0 Å². The van der Waals surface area contributed by atoms with Gasteiger partial charge in [-0.3, -0.25) is 0 Å². The smallest absolute Gasteiger partial charge is 0.137 e. The maximum Gasteiger partial charge on any atom is 0.137 e. The number of hydrogen-bond acceptors (Lipinski definition) is 4. The third kappa shape index (κ3) is 2.85. The van der Waals surface area contributed by atoms with E-state index in [-0.39, 0.29) is 0 Å². The zero-order valence-corrected chi connectivity index (χ0v) is 13.6. The lowest BCUT2D eigenvalue weighted by atomic mass is 9.75. The number of nitrogens with zero attached hydrogens (tertiary/aromatic N) is 3. The molecule has 116 valence electrons. The van der Waals surface area contributed by atoms with Gasteiger partial charge in [0.25, 0.3) is 0 Å². The molecule has 2 heterocycles. The highest BCUT2D eigenvalue weighted by molar-refractivity contribution is 5.60. The van der Waals surface area contributed by atoms with Gasteiger partial charge in [0, 0.05) is 25.7 Å². The molecule has 2 unspecified atom stereocenters. The molecule has 1 aliphatic carbocycles. The van der Waals surface area contributed by atoms with Gasteiger partial charge in [-0.05, 0) is 30.6 Å². The van der Waals surface area contributed by atoms with Crippen LogP contribution in [0.4, 0.5) is 11.6 Å². The van der Waals surface area contributed by atoms with E-state index in [1.54, 1.807) is 6.33 Å². The molecule has 1 N–H and O–H groups in total. The van der Waals surface area contributed by atoms with Crippen molar-refractivity contribution in [2.75, 3.05) is 30.4 Å². The van der Waals surface area contributed by atoms with Crippen LogP contribution < -0.4 is 10.2 Å². The second-order valence-corrected chi connectivity index (χ2v) is 6.90. The molecular weight excluding hydrogens is 260 g/mol. The predicted octanol–water partition coefficient (Wildman–Crippen LogP) is 3.66. The monoisotopic (exact) mass is 288 g/mol. The number of piperidine rings is 1. The van der Waals surface area contributed by atoms with Crippen LogP contribution in [0, 0.1) is 11.8 Å². The first-order valence-electron chi connectivity index (χ1n) is 8.48. The number of anilines is 2. The SMILES string of the molecule is CNc1ncnc(N2CCC3CCCCC3C2)c1C(C)C. The summed E-state index contributed by atoms with van der Waals surface area (Å²) in [5, 5.41) is 3.23. The quantitative estimate of drug-likeness (QED) is 0.921. The van der Waals surface area contributed by atoms with Crippen LogP contribution in [0.2, 0.25) is 0 Å². The first-order chi connectivity index (χ1) is 10.2. The van der Waals surface area contributed by atoms with E-state index in [1.165, 1.54) is 44.2 Å². The van der Waals surface area contributed by atoms with Gasteiger partial charge in [0.1, 0.15) is 18.0 Å². The normalized spacial score (nSPS) is 25.8. The van der Waals surface area contributed by atoms with Crippen LogP contribution in [0.5, 0.6) is 0 Å². The van der Waals surface area contributed by atoms with Crippen LogP contribution in [0.1, 0.15) is 57.4 Å². The van der Waals surface area contributed by atoms with Crippen molar-refractivity contribution < 1.29 is 0 Å². The molecule has 4 heteroatoms. The van der Waals surface area contributed by atoms with Crippen molar-refractivity contribution in [3.05, 3.63) is 11.9 Å². The van der Waals surface area contributed by atoms with Gasteiger partial charge in [0.2, 0.25) is 0 Å². The summed E-state index contributed by atoms with van der Waals surface area (Å²) in [5.74, 6) is 4.42. The lowest BCUT2D eigenvalue weighted by Crippen LogP contribution is -2.42. The van der Waals surface area contributed by atoms with E-state index in [0.29, 0.717) is 5.92 Å². The van der Waals surface area contributed by atoms with Crippen molar-refractivity contribution in [1.82, 2.24) is 9.97 Å². The third-order valence-corrected chi connectivity index (χ3v) is 5.27. The summed E-state index contributed by atoms with van der Waals surface area (Å²) >= 11 is 0. The van der Waals surface area contributed by atoms with Gasteiger partial charge in [-0.25, -0.2) is 9.97 Å². The van der Waals surface area contributed by atoms with Crippen molar-refractivity contribution in [2.24, 2.45) is 11.8 Å². The van der Waals surface area contributed by atoms with Gasteiger partial charge in [0.15, 0.2) is 0 Å². The maximum absolute atomic E-state index is 4.64. The van der Waals surface area contributed by atoms with Crippen molar-refractivity contribution in [3.63, 3.8) is 0 Å². The number of aromatic nitrogens is 2. The van der Waals surface area contributed by atoms with Gasteiger partial charge in [0.05, 0.1) is 0 Å². The van der Waals surface area contributed by atoms with Crippen LogP contribution in [0.25, 0.3) is 0 Å². The summed E-state index contributed by atoms with van der Waals surface area (Å²) < 4.78 is 0. The summed E-state index contributed by atoms with van der Waals surface area (Å²) in [6.07, 6.45) is 8.75. The molecule has 1 aromatic heterocycles. The summed E-state index contributed by atoms with van der Waals surface area (Å²) in [4.78, 5) is 11.6. The standard InChI is InChI=1S/C17H28N4/c1-12(2)15-16(18-3)19-11-20-17(15)21-9-8-13-6-4-5-7-14(13)10-21/h11-14H,4-10H2,1-3H3,(H,18,19,20). The van der Waals surface area contributed by atoms with Crippen LogP contribution in [-0.4, -0.2) is 30.1 Å². The van der Waals surface area contributed by atoms with Crippen molar-refractivity contribution in [2.45, 2.75) is 51.9 Å². The lowest BCUT2D eigenvalue weighted by Gasteiger charge is -2.42. The van der Waals surface area contributed by atoms with E-state index in [2.05, 4.69) is 34.0 Å². The van der Waals surface area contributed by atoms with E-state index >= 15 is 0 Å². The fourth-order valence-corrected chi connectivity index (χ4v) is 4.16. The molecule has 1 saturated heterocycles. The Morgan fingerprint density at radius 1 is 1.14 bits per heavy atom. The average Bonchev–Trinajstić information content (AvgIpc) is 2.53. The summed E-state index contributed by atoms with van der Waals surface area (Å²) in [6, 6.07) is 0. The summed E-state index contributed by atoms with van der Waals surface area (Å²) in [6.45, 7) is 6.80. The Labute approximate surface area is 128 Å². The largest absolute Gasteiger partial charge is 0.373 e. The molecule has 0 aromatic carbocycles. The van der Waals surface area contributed by atoms with E-state index in [9.17, 15) is 0 Å². The van der Waals surface area contributed by atoms with Gasteiger partial charge in [-0.15, -0.1) is 0 Å². The zero-order valence-electron chi connectivity index (χ0n) is 13.6. The second-order valence-electron chi connectivity index (χ2n) is 6.90. The molecule has 0 amide bonds. The Hall–Kier alpha value is -1.32. The number of fused-ring (bicyclic) bond motifs is 1. The molecule has 0 radical (unpaired) electrons. The number of rotatable bonds is 3. The van der Waals surface area contributed by atoms with Gasteiger partial charge in [-0.1, -0.05) is 33.1 Å². The van der Waals surface area contributed by atoms with Gasteiger partial charge in [-0.2, -0.15) is 0 Å². The molecule has 2 aliphatic rings. The Morgan fingerprint density at radius 2 is 1.90 bits per heavy atom. The topological polar surface area (TPSA) is 41.1 Å². The highest BCUT2D eigenvalue weighted by Crippen LogP contribution is 2.39. The molecule has 2 atom stereocenters. The first-order valence-corrected chi connectivity index (χ1v) is 8.48. The molecular formula is C17H28N4. The number of hydrogen-bond donors (Lipinski definition) is 1. The molecule has 21 heavy (non-hydrogen) atoms. The molecule has 0 spiro atoms. The Bertz CT molecular complexity index is 486. The minimum atomic E-state index is 0.438. The van der Waals surface area contributed by atoms with E-state index in [1.807, 2.05) is 7.05 Å². The predicted molar refractivity (Wildman–Crippen MR) is 87.9 cm³/mol. The van der Waals surface area contributed by atoms with Gasteiger partial charge >= 0.3 is 0 Å². The molecule has 1 saturated carbocycles. The fourth-order valence-electron chi connectivity index (χ4n) is 4.16. The first kappa shape index (κ1) is 14.6. The maximum atomic E-state index is 4.64. The van der Waals surface area contributed by atoms with Crippen LogP contribution in [0.3, 0.4) is 0 Å². The Morgan fingerprint density at radius 3 is 2.62 bits per heavy atom. The van der Waals surface area contributed by atoms with Crippen LogP contribution >= 0.6 is 0 Å². The number of nitrogens with one attached hydrogen (secondary N) is 1. The van der Waals surface area contributed by atoms with Crippen molar-refractivity contribution >= 4 is 11.6 Å². The molecule has 2 fully saturated rings. The van der Waals surface area contributed by atoms with E-state index in [4.69, 9.17) is 0 Å². The zero-order chi connectivity index (χ0) is 14.8. The highest BCUT2D eigenvalue weighted by Gasteiger charge is 2.32. The van der Waals surface area contributed by atoms with Crippen molar-refractivity contribution in [3.8, 4) is 0 Å². The minimum absolute atomic E-state index is 0.438. The molecule has 3 rings (SSSR count). The molecule has 1 aliphatic heterocycles. The minimum Gasteiger partial charge on any atom is -0.373 e. The molecule has 0 bridgehead atoms. The Kier molecular flexibility index (Phi) is 4.32. The third-order valence-electron chi connectivity index (χ3n) is 5.27. The lowest BCUT2D eigenvalue weighted by molar-refractivity contribution is 0.202. The van der Waals surface area contributed by atoms with Gasteiger partial charge < -0.3 is 10.2 Å². The summed E-state index contributed by atoms with van der Waals surface area (Å²) in [5.41, 5.74) is 1.27. The fraction of sp³-hybridized carbons (Fsp3) is 0.765. The van der Waals surface area contributed by atoms with E-state index < -0.39 is 0 Å². The van der Waals surface area contributed by atoms with E-state index in [0.717, 1.165) is 30.0 Å². The van der Waals surface area contributed by atoms with Crippen LogP contribution in [-0.2, 0) is 0 Å². The van der Waals surface area contributed by atoms with Crippen LogP contribution in [0.15, 0.2) is 6.33 Å². The Balaban J connectivity index is 1.86. The molecule has 4 nitrogen and oxygen atoms in total. The second kappa shape index (κ2) is 6.20. The average molecular weight is 288 g/mol.